The molecule has 3 heteroatoms. The molecule has 1 aliphatic carbocycles. The van der Waals surface area contributed by atoms with E-state index in [4.69, 9.17) is 10.5 Å². The van der Waals surface area contributed by atoms with Crippen molar-refractivity contribution in [3.8, 4) is 0 Å². The number of nitrogens with two attached hydrogens (primary N) is 1. The van der Waals surface area contributed by atoms with Crippen LogP contribution in [0.2, 0.25) is 0 Å². The number of likely N-dealkylation sites (tertiary alicyclic amines) is 1. The Morgan fingerprint density at radius 3 is 2.75 bits per heavy atom. The maximum Gasteiger partial charge on any atom is 0.0698 e. The number of methoxy groups -OCH3 is 1. The van der Waals surface area contributed by atoms with Crippen molar-refractivity contribution in [1.29, 1.82) is 0 Å². The molecule has 1 heterocycles. The molecule has 2 N–H and O–H groups in total. The summed E-state index contributed by atoms with van der Waals surface area (Å²) in [5.41, 5.74) is 6.39. The van der Waals surface area contributed by atoms with Gasteiger partial charge in [0.25, 0.3) is 0 Å². The number of ether oxygens (including phenoxy) is 1. The Labute approximate surface area is 99.3 Å². The zero-order valence-electron chi connectivity index (χ0n) is 10.6. The first-order valence-electron chi connectivity index (χ1n) is 6.73. The van der Waals surface area contributed by atoms with E-state index in [1.54, 1.807) is 0 Å². The molecule has 1 unspecified atom stereocenters. The van der Waals surface area contributed by atoms with Crippen molar-refractivity contribution in [3.05, 3.63) is 0 Å². The van der Waals surface area contributed by atoms with Crippen molar-refractivity contribution in [2.24, 2.45) is 11.1 Å². The Bertz CT molecular complexity index is 210. The van der Waals surface area contributed by atoms with E-state index in [2.05, 4.69) is 4.90 Å². The SMILES string of the molecule is COC1CCCN(CCC2(CN)CCC2)C1. The third-order valence-corrected chi connectivity index (χ3v) is 4.60. The fourth-order valence-corrected chi connectivity index (χ4v) is 3.04. The van der Waals surface area contributed by atoms with Crippen LogP contribution in [0.25, 0.3) is 0 Å². The molecule has 0 spiro atoms. The highest BCUT2D eigenvalue weighted by Crippen LogP contribution is 2.43. The number of hydrogen-bond donors (Lipinski definition) is 1. The Balaban J connectivity index is 1.72. The molecule has 0 amide bonds. The molecule has 1 saturated heterocycles. The van der Waals surface area contributed by atoms with E-state index in [9.17, 15) is 0 Å². The van der Waals surface area contributed by atoms with Crippen molar-refractivity contribution in [2.45, 2.75) is 44.6 Å². The Kier molecular flexibility index (Phi) is 4.22. The zero-order chi connectivity index (χ0) is 11.4. The fraction of sp³-hybridized carbons (Fsp3) is 1.00. The molecule has 0 aromatic carbocycles. The second-order valence-corrected chi connectivity index (χ2v) is 5.61. The van der Waals surface area contributed by atoms with Gasteiger partial charge in [-0.05, 0) is 57.2 Å². The smallest absolute Gasteiger partial charge is 0.0698 e. The van der Waals surface area contributed by atoms with E-state index in [1.807, 2.05) is 7.11 Å². The number of nitrogens with zero attached hydrogens (tertiary/aromatic N) is 1. The van der Waals surface area contributed by atoms with Gasteiger partial charge in [0.15, 0.2) is 0 Å². The van der Waals surface area contributed by atoms with Gasteiger partial charge in [-0.1, -0.05) is 6.42 Å². The topological polar surface area (TPSA) is 38.5 Å². The second kappa shape index (κ2) is 5.48. The van der Waals surface area contributed by atoms with Crippen LogP contribution in [0, 0.1) is 5.41 Å². The lowest BCUT2D eigenvalue weighted by Crippen LogP contribution is -2.44. The lowest BCUT2D eigenvalue weighted by molar-refractivity contribution is 0.0204. The van der Waals surface area contributed by atoms with Gasteiger partial charge in [-0.2, -0.15) is 0 Å². The molecular weight excluding hydrogens is 200 g/mol. The van der Waals surface area contributed by atoms with E-state index in [0.29, 0.717) is 11.5 Å². The van der Waals surface area contributed by atoms with Crippen LogP contribution in [-0.4, -0.2) is 44.3 Å². The summed E-state index contributed by atoms with van der Waals surface area (Å²) in [6, 6.07) is 0. The third-order valence-electron chi connectivity index (χ3n) is 4.60. The summed E-state index contributed by atoms with van der Waals surface area (Å²) in [6.07, 6.45) is 8.36. The highest BCUT2D eigenvalue weighted by molar-refractivity contribution is 4.89. The summed E-state index contributed by atoms with van der Waals surface area (Å²) in [5, 5.41) is 0. The van der Waals surface area contributed by atoms with Gasteiger partial charge >= 0.3 is 0 Å². The molecule has 1 saturated carbocycles. The summed E-state index contributed by atoms with van der Waals surface area (Å²) in [4.78, 5) is 2.56. The zero-order valence-corrected chi connectivity index (χ0v) is 10.6. The van der Waals surface area contributed by atoms with Gasteiger partial charge in [0, 0.05) is 13.7 Å². The van der Waals surface area contributed by atoms with Gasteiger partial charge in [0.1, 0.15) is 0 Å². The van der Waals surface area contributed by atoms with Crippen molar-refractivity contribution in [3.63, 3.8) is 0 Å². The van der Waals surface area contributed by atoms with Crippen LogP contribution >= 0.6 is 0 Å². The molecule has 3 nitrogen and oxygen atoms in total. The maximum absolute atomic E-state index is 5.89. The van der Waals surface area contributed by atoms with E-state index in [0.717, 1.165) is 13.1 Å². The minimum Gasteiger partial charge on any atom is -0.380 e. The highest BCUT2D eigenvalue weighted by Gasteiger charge is 2.35. The van der Waals surface area contributed by atoms with Crippen LogP contribution < -0.4 is 5.73 Å². The predicted molar refractivity (Wildman–Crippen MR) is 66.4 cm³/mol. The van der Waals surface area contributed by atoms with Crippen LogP contribution in [0.5, 0.6) is 0 Å². The minimum absolute atomic E-state index is 0.462. The van der Waals surface area contributed by atoms with Gasteiger partial charge in [-0.15, -0.1) is 0 Å². The van der Waals surface area contributed by atoms with Crippen LogP contribution in [0.15, 0.2) is 0 Å². The number of piperidine rings is 1. The van der Waals surface area contributed by atoms with Gasteiger partial charge in [-0.25, -0.2) is 0 Å². The summed E-state index contributed by atoms with van der Waals surface area (Å²) in [5.74, 6) is 0. The second-order valence-electron chi connectivity index (χ2n) is 5.61. The average molecular weight is 226 g/mol. The Hall–Kier alpha value is -0.120. The van der Waals surface area contributed by atoms with Gasteiger partial charge < -0.3 is 15.4 Å². The predicted octanol–water partition coefficient (Wildman–Crippen LogP) is 1.62. The molecular formula is C13H26N2O. The molecule has 16 heavy (non-hydrogen) atoms. The minimum atomic E-state index is 0.462. The van der Waals surface area contributed by atoms with Gasteiger partial charge in [-0.3, -0.25) is 0 Å². The lowest BCUT2D eigenvalue weighted by atomic mass is 9.66. The largest absolute Gasteiger partial charge is 0.380 e. The van der Waals surface area contributed by atoms with E-state index in [-0.39, 0.29) is 0 Å². The highest BCUT2D eigenvalue weighted by atomic mass is 16.5. The molecule has 0 aromatic rings. The molecule has 0 bridgehead atoms. The molecule has 2 rings (SSSR count). The molecule has 0 aromatic heterocycles. The van der Waals surface area contributed by atoms with Crippen molar-refractivity contribution < 1.29 is 4.74 Å². The first kappa shape index (κ1) is 12.3. The molecule has 94 valence electrons. The summed E-state index contributed by atoms with van der Waals surface area (Å²) in [7, 11) is 1.83. The van der Waals surface area contributed by atoms with Crippen LogP contribution in [-0.2, 0) is 4.74 Å². The van der Waals surface area contributed by atoms with Gasteiger partial charge in [0.2, 0.25) is 0 Å². The Morgan fingerprint density at radius 1 is 1.38 bits per heavy atom. The van der Waals surface area contributed by atoms with Gasteiger partial charge in [0.05, 0.1) is 6.10 Å². The first-order chi connectivity index (χ1) is 7.78. The van der Waals surface area contributed by atoms with Crippen LogP contribution in [0.3, 0.4) is 0 Å². The number of hydrogen-bond acceptors (Lipinski definition) is 3. The van der Waals surface area contributed by atoms with Crippen LogP contribution in [0.1, 0.15) is 38.5 Å². The summed E-state index contributed by atoms with van der Waals surface area (Å²) in [6.45, 7) is 4.48. The van der Waals surface area contributed by atoms with Crippen LogP contribution in [0.4, 0.5) is 0 Å². The molecule has 0 radical (unpaired) electrons. The van der Waals surface area contributed by atoms with E-state index < -0.39 is 0 Å². The molecule has 1 aliphatic heterocycles. The van der Waals surface area contributed by atoms with Crippen molar-refractivity contribution in [1.82, 2.24) is 4.90 Å². The first-order valence-corrected chi connectivity index (χ1v) is 6.73. The molecule has 2 fully saturated rings. The summed E-state index contributed by atoms with van der Waals surface area (Å²) < 4.78 is 5.45. The number of rotatable bonds is 5. The van der Waals surface area contributed by atoms with E-state index >= 15 is 0 Å². The molecule has 2 aliphatic rings. The Morgan fingerprint density at radius 2 is 2.19 bits per heavy atom. The maximum atomic E-state index is 5.89. The normalized spacial score (nSPS) is 30.0. The van der Waals surface area contributed by atoms with E-state index in [1.165, 1.54) is 51.6 Å². The standard InChI is InChI=1S/C13H26N2O/c1-16-12-4-2-8-15(10-12)9-7-13(11-14)5-3-6-13/h12H,2-11,14H2,1H3. The van der Waals surface area contributed by atoms with Crippen molar-refractivity contribution in [2.75, 3.05) is 33.3 Å². The molecule has 1 atom stereocenters. The fourth-order valence-electron chi connectivity index (χ4n) is 3.04. The average Bonchev–Trinajstić information content (AvgIpc) is 2.29. The summed E-state index contributed by atoms with van der Waals surface area (Å²) >= 11 is 0. The van der Waals surface area contributed by atoms with Crippen molar-refractivity contribution >= 4 is 0 Å². The lowest BCUT2D eigenvalue weighted by Gasteiger charge is -2.43. The monoisotopic (exact) mass is 226 g/mol. The third kappa shape index (κ3) is 2.76. The quantitative estimate of drug-likeness (QED) is 0.774.